The second-order valence-electron chi connectivity index (χ2n) is 6.39. The second-order valence-corrected chi connectivity index (χ2v) is 6.76. The van der Waals surface area contributed by atoms with Crippen LogP contribution < -0.4 is 0 Å². The number of rotatable bonds is 4. The van der Waals surface area contributed by atoms with Crippen LogP contribution in [0.1, 0.15) is 12.8 Å². The van der Waals surface area contributed by atoms with Crippen LogP contribution in [-0.2, 0) is 6.67 Å². The Morgan fingerprint density at radius 3 is 2.08 bits per heavy atom. The fourth-order valence-electron chi connectivity index (χ4n) is 3.22. The Morgan fingerprint density at radius 1 is 0.885 bits per heavy atom. The average molecular weight is 372 g/mol. The number of halogens is 2. The number of benzene rings is 2. The molecule has 0 unspecified atom stereocenters. The minimum atomic E-state index is -0.312. The summed E-state index contributed by atoms with van der Waals surface area (Å²) in [5.74, 6) is -0.00829. The van der Waals surface area contributed by atoms with Gasteiger partial charge < -0.3 is 0 Å². The smallest absolute Gasteiger partial charge is 0.204 e. The van der Waals surface area contributed by atoms with E-state index in [0.717, 1.165) is 24.3 Å². The van der Waals surface area contributed by atoms with Crippen LogP contribution >= 0.6 is 12.2 Å². The highest BCUT2D eigenvalue weighted by Gasteiger charge is 2.18. The van der Waals surface area contributed by atoms with E-state index >= 15 is 0 Å². The van der Waals surface area contributed by atoms with E-state index in [1.165, 1.54) is 37.1 Å². The normalized spacial score (nSPS) is 14.8. The van der Waals surface area contributed by atoms with Crippen molar-refractivity contribution in [2.24, 2.45) is 0 Å². The largest absolute Gasteiger partial charge is 0.284 e. The van der Waals surface area contributed by atoms with Crippen molar-refractivity contribution in [2.75, 3.05) is 13.1 Å². The summed E-state index contributed by atoms with van der Waals surface area (Å²) in [5.41, 5.74) is 1.48. The first-order valence-electron chi connectivity index (χ1n) is 8.56. The number of hydrogen-bond donors (Lipinski definition) is 0. The molecule has 0 bridgehead atoms. The predicted octanol–water partition coefficient (Wildman–Crippen LogP) is 4.40. The van der Waals surface area contributed by atoms with Crippen molar-refractivity contribution in [3.63, 3.8) is 0 Å². The van der Waals surface area contributed by atoms with E-state index in [1.807, 2.05) is 0 Å². The Hall–Kier alpha value is -2.38. The molecule has 2 heterocycles. The molecule has 1 aliphatic heterocycles. The topological polar surface area (TPSA) is 26.0 Å². The van der Waals surface area contributed by atoms with Crippen molar-refractivity contribution in [3.05, 3.63) is 64.9 Å². The van der Waals surface area contributed by atoms with Gasteiger partial charge in [-0.25, -0.2) is 13.5 Å². The fourth-order valence-corrected chi connectivity index (χ4v) is 3.51. The van der Waals surface area contributed by atoms with E-state index in [4.69, 9.17) is 12.2 Å². The molecule has 2 aromatic carbocycles. The maximum atomic E-state index is 13.3. The third-order valence-corrected chi connectivity index (χ3v) is 4.95. The molecule has 1 aromatic heterocycles. The first-order valence-corrected chi connectivity index (χ1v) is 8.97. The molecule has 3 aromatic rings. The molecular formula is C19H18F2N4S. The number of aromatic nitrogens is 3. The van der Waals surface area contributed by atoms with Crippen molar-refractivity contribution in [1.82, 2.24) is 19.2 Å². The van der Waals surface area contributed by atoms with Gasteiger partial charge in [0.1, 0.15) is 11.6 Å². The summed E-state index contributed by atoms with van der Waals surface area (Å²) in [7, 11) is 0. The van der Waals surface area contributed by atoms with Gasteiger partial charge in [-0.3, -0.25) is 9.47 Å². The molecule has 1 aliphatic rings. The number of nitrogens with zero attached hydrogens (tertiary/aromatic N) is 4. The average Bonchev–Trinajstić information content (AvgIpc) is 3.26. The van der Waals surface area contributed by atoms with Crippen molar-refractivity contribution in [1.29, 1.82) is 0 Å². The minimum Gasteiger partial charge on any atom is -0.284 e. The Kier molecular flexibility index (Phi) is 4.65. The van der Waals surface area contributed by atoms with Gasteiger partial charge in [-0.2, -0.15) is 0 Å². The van der Waals surface area contributed by atoms with Crippen molar-refractivity contribution in [3.8, 4) is 17.1 Å². The summed E-state index contributed by atoms with van der Waals surface area (Å²) in [5, 5.41) is 4.69. The van der Waals surface area contributed by atoms with Gasteiger partial charge in [0, 0.05) is 5.56 Å². The van der Waals surface area contributed by atoms with E-state index in [0.29, 0.717) is 17.3 Å². The second kappa shape index (κ2) is 7.09. The Morgan fingerprint density at radius 2 is 1.46 bits per heavy atom. The van der Waals surface area contributed by atoms with Crippen LogP contribution in [-0.4, -0.2) is 32.3 Å². The first-order chi connectivity index (χ1) is 12.6. The van der Waals surface area contributed by atoms with Crippen LogP contribution in [0.4, 0.5) is 8.78 Å². The molecule has 4 nitrogen and oxygen atoms in total. The van der Waals surface area contributed by atoms with Crippen LogP contribution in [0.5, 0.6) is 0 Å². The van der Waals surface area contributed by atoms with Gasteiger partial charge in [0.15, 0.2) is 5.82 Å². The van der Waals surface area contributed by atoms with Gasteiger partial charge >= 0.3 is 0 Å². The van der Waals surface area contributed by atoms with Crippen molar-refractivity contribution >= 4 is 12.2 Å². The van der Waals surface area contributed by atoms with Gasteiger partial charge in [-0.05, 0) is 86.7 Å². The van der Waals surface area contributed by atoms with Crippen LogP contribution in [0, 0.1) is 16.4 Å². The molecule has 0 aliphatic carbocycles. The van der Waals surface area contributed by atoms with E-state index in [1.54, 1.807) is 33.5 Å². The van der Waals surface area contributed by atoms with E-state index in [-0.39, 0.29) is 11.6 Å². The summed E-state index contributed by atoms with van der Waals surface area (Å²) < 4.78 is 30.8. The fraction of sp³-hybridized carbons (Fsp3) is 0.263. The molecule has 0 saturated carbocycles. The lowest BCUT2D eigenvalue weighted by atomic mass is 10.2. The molecule has 0 amide bonds. The Balaban J connectivity index is 1.83. The highest BCUT2D eigenvalue weighted by atomic mass is 32.1. The summed E-state index contributed by atoms with van der Waals surface area (Å²) in [6.45, 7) is 2.66. The van der Waals surface area contributed by atoms with E-state index < -0.39 is 0 Å². The highest BCUT2D eigenvalue weighted by Crippen LogP contribution is 2.24. The lowest BCUT2D eigenvalue weighted by Gasteiger charge is -2.13. The van der Waals surface area contributed by atoms with Crippen LogP contribution in [0.25, 0.3) is 17.1 Å². The molecule has 134 valence electrons. The SMILES string of the molecule is Fc1ccc(-c2nn(CN3CCCC3)c(=S)n2-c2ccc(F)cc2)cc1. The summed E-state index contributed by atoms with van der Waals surface area (Å²) in [4.78, 5) is 2.30. The molecule has 1 fully saturated rings. The summed E-state index contributed by atoms with van der Waals surface area (Å²) >= 11 is 5.66. The number of hydrogen-bond acceptors (Lipinski definition) is 3. The lowest BCUT2D eigenvalue weighted by molar-refractivity contribution is 0.253. The molecule has 7 heteroatoms. The zero-order valence-electron chi connectivity index (χ0n) is 14.1. The van der Waals surface area contributed by atoms with E-state index in [9.17, 15) is 8.78 Å². The lowest BCUT2D eigenvalue weighted by Crippen LogP contribution is -2.23. The minimum absolute atomic E-state index is 0.308. The van der Waals surface area contributed by atoms with Gasteiger partial charge in [0.25, 0.3) is 0 Å². The van der Waals surface area contributed by atoms with Crippen LogP contribution in [0.2, 0.25) is 0 Å². The Bertz CT molecular complexity index is 955. The molecule has 4 rings (SSSR count). The maximum Gasteiger partial charge on any atom is 0.204 e. The highest BCUT2D eigenvalue weighted by molar-refractivity contribution is 7.71. The molecule has 0 radical (unpaired) electrons. The molecular weight excluding hydrogens is 354 g/mol. The standard InChI is InChI=1S/C19H18F2N4S/c20-15-5-3-14(4-6-15)18-22-24(13-23-11-1-2-12-23)19(26)25(18)17-9-7-16(21)8-10-17/h3-10H,1-2,11-13H2. The third-order valence-electron chi connectivity index (χ3n) is 4.56. The van der Waals surface area contributed by atoms with Gasteiger partial charge in [-0.1, -0.05) is 0 Å². The maximum absolute atomic E-state index is 13.3. The summed E-state index contributed by atoms with van der Waals surface area (Å²) in [6.07, 6.45) is 2.35. The van der Waals surface area contributed by atoms with Crippen molar-refractivity contribution in [2.45, 2.75) is 19.5 Å². The molecule has 26 heavy (non-hydrogen) atoms. The molecule has 0 N–H and O–H groups in total. The quantitative estimate of drug-likeness (QED) is 0.635. The molecule has 0 atom stereocenters. The zero-order chi connectivity index (χ0) is 18.1. The molecule has 1 saturated heterocycles. The van der Waals surface area contributed by atoms with Crippen LogP contribution in [0.15, 0.2) is 48.5 Å². The first kappa shape index (κ1) is 17.1. The zero-order valence-corrected chi connectivity index (χ0v) is 14.9. The van der Waals surface area contributed by atoms with Gasteiger partial charge in [0.2, 0.25) is 4.77 Å². The van der Waals surface area contributed by atoms with Gasteiger partial charge in [0.05, 0.1) is 12.4 Å². The van der Waals surface area contributed by atoms with Crippen molar-refractivity contribution < 1.29 is 8.78 Å². The Labute approximate surface area is 155 Å². The van der Waals surface area contributed by atoms with Gasteiger partial charge in [-0.15, -0.1) is 5.10 Å². The predicted molar refractivity (Wildman–Crippen MR) is 98.5 cm³/mol. The monoisotopic (exact) mass is 372 g/mol. The third kappa shape index (κ3) is 3.32. The van der Waals surface area contributed by atoms with E-state index in [2.05, 4.69) is 10.00 Å². The number of likely N-dealkylation sites (tertiary alicyclic amines) is 1. The van der Waals surface area contributed by atoms with Crippen LogP contribution in [0.3, 0.4) is 0 Å². The summed E-state index contributed by atoms with van der Waals surface area (Å²) in [6, 6.07) is 12.3. The molecule has 0 spiro atoms.